The highest BCUT2D eigenvalue weighted by molar-refractivity contribution is 6.31. The van der Waals surface area contributed by atoms with E-state index in [1.807, 2.05) is 36.2 Å². The van der Waals surface area contributed by atoms with Crippen molar-refractivity contribution in [3.63, 3.8) is 0 Å². The van der Waals surface area contributed by atoms with Crippen LogP contribution in [0.4, 0.5) is 11.6 Å². The summed E-state index contributed by atoms with van der Waals surface area (Å²) in [4.78, 5) is 10.2. The van der Waals surface area contributed by atoms with Crippen molar-refractivity contribution in [1.82, 2.24) is 9.97 Å². The van der Waals surface area contributed by atoms with Crippen molar-refractivity contribution in [2.45, 2.75) is 6.54 Å². The summed E-state index contributed by atoms with van der Waals surface area (Å²) in [5.41, 5.74) is 6.64. The molecule has 2 N–H and O–H groups in total. The smallest absolute Gasteiger partial charge is 0.149 e. The molecule has 0 amide bonds. The lowest BCUT2D eigenvalue weighted by Crippen LogP contribution is -2.18. The quantitative estimate of drug-likeness (QED) is 0.906. The SMILES string of the molecule is CN(Cc1ccccc1Cl)c1cncc(N)n1. The second-order valence-electron chi connectivity index (χ2n) is 3.75. The first-order valence-electron chi connectivity index (χ1n) is 5.19. The standard InChI is InChI=1S/C12H13ClN4/c1-17(12-7-15-6-11(14)16-12)8-9-4-2-3-5-10(9)13/h2-7H,8H2,1H3,(H2,14,16). The van der Waals surface area contributed by atoms with Crippen LogP contribution >= 0.6 is 11.6 Å². The van der Waals surface area contributed by atoms with Crippen LogP contribution in [0.5, 0.6) is 0 Å². The molecule has 0 saturated carbocycles. The van der Waals surface area contributed by atoms with E-state index in [1.54, 1.807) is 6.20 Å². The number of benzene rings is 1. The summed E-state index contributed by atoms with van der Waals surface area (Å²) >= 11 is 6.10. The molecule has 0 atom stereocenters. The molecule has 1 heterocycles. The maximum absolute atomic E-state index is 6.10. The number of halogens is 1. The van der Waals surface area contributed by atoms with Crippen molar-refractivity contribution in [2.75, 3.05) is 17.7 Å². The molecule has 0 unspecified atom stereocenters. The number of nitrogens with two attached hydrogens (primary N) is 1. The highest BCUT2D eigenvalue weighted by atomic mass is 35.5. The molecule has 0 spiro atoms. The Balaban J connectivity index is 2.17. The van der Waals surface area contributed by atoms with Gasteiger partial charge in [0.25, 0.3) is 0 Å². The first-order chi connectivity index (χ1) is 8.16. The molecule has 5 heteroatoms. The van der Waals surface area contributed by atoms with E-state index in [-0.39, 0.29) is 0 Å². The van der Waals surface area contributed by atoms with Crippen LogP contribution in [0.2, 0.25) is 5.02 Å². The zero-order chi connectivity index (χ0) is 12.3. The molecule has 4 nitrogen and oxygen atoms in total. The van der Waals surface area contributed by atoms with Gasteiger partial charge in [-0.15, -0.1) is 0 Å². The molecule has 2 rings (SSSR count). The molecule has 0 radical (unpaired) electrons. The van der Waals surface area contributed by atoms with Gasteiger partial charge in [-0.25, -0.2) is 4.98 Å². The first kappa shape index (κ1) is 11.7. The summed E-state index contributed by atoms with van der Waals surface area (Å²) in [6.45, 7) is 0.664. The third-order valence-corrected chi connectivity index (χ3v) is 2.77. The molecule has 1 aromatic carbocycles. The van der Waals surface area contributed by atoms with Gasteiger partial charge in [0.2, 0.25) is 0 Å². The van der Waals surface area contributed by atoms with Crippen LogP contribution in [0, 0.1) is 0 Å². The number of anilines is 2. The summed E-state index contributed by atoms with van der Waals surface area (Å²) in [7, 11) is 1.92. The number of aromatic nitrogens is 2. The molecular weight excluding hydrogens is 236 g/mol. The maximum atomic E-state index is 6.10. The zero-order valence-electron chi connectivity index (χ0n) is 9.47. The zero-order valence-corrected chi connectivity index (χ0v) is 10.2. The van der Waals surface area contributed by atoms with Crippen LogP contribution in [0.25, 0.3) is 0 Å². The molecule has 1 aromatic heterocycles. The molecule has 0 aliphatic rings. The van der Waals surface area contributed by atoms with Crippen molar-refractivity contribution >= 4 is 23.2 Å². The maximum Gasteiger partial charge on any atom is 0.149 e. The molecule has 0 fully saturated rings. The average Bonchev–Trinajstić information content (AvgIpc) is 2.32. The topological polar surface area (TPSA) is 55.0 Å². The fourth-order valence-electron chi connectivity index (χ4n) is 1.52. The fraction of sp³-hybridized carbons (Fsp3) is 0.167. The minimum atomic E-state index is 0.411. The van der Waals surface area contributed by atoms with Crippen LogP contribution in [0.3, 0.4) is 0 Å². The van der Waals surface area contributed by atoms with Gasteiger partial charge in [0.15, 0.2) is 0 Å². The summed E-state index contributed by atoms with van der Waals surface area (Å²) in [5.74, 6) is 1.14. The van der Waals surface area contributed by atoms with Crippen molar-refractivity contribution < 1.29 is 0 Å². The number of nitrogen functional groups attached to an aromatic ring is 1. The Morgan fingerprint density at radius 2 is 2.06 bits per heavy atom. The second kappa shape index (κ2) is 5.01. The molecule has 0 aliphatic heterocycles. The second-order valence-corrected chi connectivity index (χ2v) is 4.16. The lowest BCUT2D eigenvalue weighted by atomic mass is 10.2. The normalized spacial score (nSPS) is 10.2. The average molecular weight is 249 g/mol. The van der Waals surface area contributed by atoms with E-state index in [0.29, 0.717) is 12.4 Å². The number of rotatable bonds is 3. The van der Waals surface area contributed by atoms with E-state index in [1.165, 1.54) is 6.20 Å². The third kappa shape index (κ3) is 2.85. The summed E-state index contributed by atoms with van der Waals surface area (Å²) in [6.07, 6.45) is 3.19. The number of nitrogens with zero attached hydrogens (tertiary/aromatic N) is 3. The van der Waals surface area contributed by atoms with Crippen LogP contribution in [0.1, 0.15) is 5.56 Å². The van der Waals surface area contributed by atoms with Gasteiger partial charge in [-0.1, -0.05) is 29.8 Å². The minimum Gasteiger partial charge on any atom is -0.382 e. The minimum absolute atomic E-state index is 0.411. The highest BCUT2D eigenvalue weighted by Gasteiger charge is 2.06. The van der Waals surface area contributed by atoms with Gasteiger partial charge in [0.05, 0.1) is 12.4 Å². The van der Waals surface area contributed by atoms with Crippen LogP contribution in [0.15, 0.2) is 36.7 Å². The molecular formula is C12H13ClN4. The Morgan fingerprint density at radius 1 is 1.29 bits per heavy atom. The Morgan fingerprint density at radius 3 is 2.76 bits per heavy atom. The van der Waals surface area contributed by atoms with E-state index < -0.39 is 0 Å². The fourth-order valence-corrected chi connectivity index (χ4v) is 1.71. The first-order valence-corrected chi connectivity index (χ1v) is 5.56. The summed E-state index contributed by atoms with van der Waals surface area (Å²) < 4.78 is 0. The van der Waals surface area contributed by atoms with Crippen molar-refractivity contribution in [3.8, 4) is 0 Å². The lowest BCUT2D eigenvalue weighted by molar-refractivity contribution is 0.892. The van der Waals surface area contributed by atoms with Crippen LogP contribution in [-0.4, -0.2) is 17.0 Å². The van der Waals surface area contributed by atoms with Crippen molar-refractivity contribution in [2.24, 2.45) is 0 Å². The van der Waals surface area contributed by atoms with Gasteiger partial charge in [0, 0.05) is 18.6 Å². The molecule has 0 bridgehead atoms. The van der Waals surface area contributed by atoms with Gasteiger partial charge < -0.3 is 10.6 Å². The van der Waals surface area contributed by atoms with Crippen LogP contribution in [-0.2, 0) is 6.54 Å². The molecule has 0 saturated heterocycles. The predicted octanol–water partition coefficient (Wildman–Crippen LogP) is 2.35. The highest BCUT2D eigenvalue weighted by Crippen LogP contribution is 2.19. The Kier molecular flexibility index (Phi) is 3.44. The molecule has 17 heavy (non-hydrogen) atoms. The Labute approximate surface area is 105 Å². The van der Waals surface area contributed by atoms with E-state index in [4.69, 9.17) is 17.3 Å². The van der Waals surface area contributed by atoms with Crippen molar-refractivity contribution in [1.29, 1.82) is 0 Å². The molecule has 2 aromatic rings. The number of hydrogen-bond acceptors (Lipinski definition) is 4. The van der Waals surface area contributed by atoms with E-state index in [2.05, 4.69) is 9.97 Å². The van der Waals surface area contributed by atoms with Crippen LogP contribution < -0.4 is 10.6 Å². The molecule has 88 valence electrons. The Bertz CT molecular complexity index is 515. The van der Waals surface area contributed by atoms with Crippen molar-refractivity contribution in [3.05, 3.63) is 47.2 Å². The molecule has 0 aliphatic carbocycles. The van der Waals surface area contributed by atoms with Gasteiger partial charge >= 0.3 is 0 Å². The van der Waals surface area contributed by atoms with Gasteiger partial charge in [-0.05, 0) is 11.6 Å². The number of hydrogen-bond donors (Lipinski definition) is 1. The van der Waals surface area contributed by atoms with E-state index in [0.717, 1.165) is 16.4 Å². The van der Waals surface area contributed by atoms with Gasteiger partial charge in [-0.2, -0.15) is 0 Å². The van der Waals surface area contributed by atoms with E-state index in [9.17, 15) is 0 Å². The summed E-state index contributed by atoms with van der Waals surface area (Å²) in [6, 6.07) is 7.72. The largest absolute Gasteiger partial charge is 0.382 e. The van der Waals surface area contributed by atoms with E-state index >= 15 is 0 Å². The predicted molar refractivity (Wildman–Crippen MR) is 70.0 cm³/mol. The van der Waals surface area contributed by atoms with Gasteiger partial charge in [0.1, 0.15) is 11.6 Å². The van der Waals surface area contributed by atoms with Gasteiger partial charge in [-0.3, -0.25) is 4.98 Å². The summed E-state index contributed by atoms with van der Waals surface area (Å²) in [5, 5.41) is 0.746. The third-order valence-electron chi connectivity index (χ3n) is 2.40. The Hall–Kier alpha value is -1.81. The monoisotopic (exact) mass is 248 g/mol. The lowest BCUT2D eigenvalue weighted by Gasteiger charge is -2.18.